The molecule has 2 aromatic carbocycles. The zero-order chi connectivity index (χ0) is 14.4. The van der Waals surface area contributed by atoms with Crippen molar-refractivity contribution in [3.63, 3.8) is 0 Å². The van der Waals surface area contributed by atoms with Crippen molar-refractivity contribution < 1.29 is 8.78 Å². The Morgan fingerprint density at radius 2 is 1.53 bits per heavy atom. The van der Waals surface area contributed by atoms with Crippen LogP contribution in [0, 0.1) is 12.7 Å². The van der Waals surface area contributed by atoms with Crippen LogP contribution in [-0.4, -0.2) is 0 Å². The highest BCUT2D eigenvalue weighted by Crippen LogP contribution is 2.23. The van der Waals surface area contributed by atoms with E-state index >= 15 is 0 Å². The molecule has 19 heavy (non-hydrogen) atoms. The lowest BCUT2D eigenvalue weighted by Crippen LogP contribution is -1.80. The Balaban J connectivity index is 0.000000191. The summed E-state index contributed by atoms with van der Waals surface area (Å²) in [5.74, 6) is -0.238. The molecule has 5 heteroatoms. The van der Waals surface area contributed by atoms with Crippen molar-refractivity contribution in [2.24, 2.45) is 0 Å². The monoisotopic (exact) mass is 454 g/mol. The second kappa shape index (κ2) is 8.12. The Bertz CT molecular complexity index is 489. The van der Waals surface area contributed by atoms with Crippen molar-refractivity contribution in [3.05, 3.63) is 66.8 Å². The van der Waals surface area contributed by atoms with Crippen LogP contribution in [0.2, 0.25) is 0 Å². The first-order valence-electron chi connectivity index (χ1n) is 5.35. The molecule has 0 spiro atoms. The number of halogens is 5. The van der Waals surface area contributed by atoms with Crippen LogP contribution in [-0.2, 0) is 6.67 Å². The van der Waals surface area contributed by atoms with E-state index in [9.17, 15) is 8.78 Å². The van der Waals surface area contributed by atoms with Crippen molar-refractivity contribution in [1.29, 1.82) is 0 Å². The fourth-order valence-electron chi connectivity index (χ4n) is 1.20. The van der Waals surface area contributed by atoms with Gasteiger partial charge in [-0.3, -0.25) is 0 Å². The second-order valence-electron chi connectivity index (χ2n) is 3.78. The molecule has 0 unspecified atom stereocenters. The third-order valence-corrected chi connectivity index (χ3v) is 4.26. The van der Waals surface area contributed by atoms with Gasteiger partial charge in [-0.05, 0) is 58.2 Å². The van der Waals surface area contributed by atoms with Gasteiger partial charge in [0.2, 0.25) is 0 Å². The molecular weight excluding hydrogens is 446 g/mol. The van der Waals surface area contributed by atoms with Gasteiger partial charge < -0.3 is 0 Å². The fourth-order valence-corrected chi connectivity index (χ4v) is 2.23. The van der Waals surface area contributed by atoms with Gasteiger partial charge in [0.05, 0.1) is 4.47 Å². The Hall–Kier alpha value is -0.260. The minimum Gasteiger partial charge on any atom is -0.246 e. The molecule has 0 bridgehead atoms. The quantitative estimate of drug-likeness (QED) is 0.425. The van der Waals surface area contributed by atoms with Crippen molar-refractivity contribution in [2.45, 2.75) is 13.6 Å². The highest BCUT2D eigenvalue weighted by molar-refractivity contribution is 9.11. The molecule has 2 rings (SSSR count). The summed E-state index contributed by atoms with van der Waals surface area (Å²) in [5.41, 5.74) is 1.74. The van der Waals surface area contributed by atoms with E-state index in [0.29, 0.717) is 4.47 Å². The number of hydrogen-bond acceptors (Lipinski definition) is 0. The Morgan fingerprint density at radius 3 is 2.00 bits per heavy atom. The summed E-state index contributed by atoms with van der Waals surface area (Å²) in [6.07, 6.45) is 0. The highest BCUT2D eigenvalue weighted by Gasteiger charge is 2.01. The van der Waals surface area contributed by atoms with Gasteiger partial charge in [0.25, 0.3) is 0 Å². The van der Waals surface area contributed by atoms with Crippen LogP contribution in [0.3, 0.4) is 0 Å². The van der Waals surface area contributed by atoms with E-state index in [1.165, 1.54) is 6.07 Å². The molecule has 0 nitrogen and oxygen atoms in total. The minimum atomic E-state index is -0.382. The van der Waals surface area contributed by atoms with Gasteiger partial charge in [-0.25, -0.2) is 8.78 Å². The van der Waals surface area contributed by atoms with E-state index in [4.69, 9.17) is 0 Å². The summed E-state index contributed by atoms with van der Waals surface area (Å²) in [4.78, 5) is 0. The number of alkyl halides is 1. The first kappa shape index (κ1) is 16.8. The molecule has 0 saturated heterocycles. The summed E-state index contributed by atoms with van der Waals surface area (Å²) in [5, 5.41) is 0. The second-order valence-corrected chi connectivity index (χ2v) is 6.40. The van der Waals surface area contributed by atoms with E-state index < -0.39 is 0 Å². The van der Waals surface area contributed by atoms with E-state index in [1.54, 1.807) is 18.2 Å². The zero-order valence-corrected chi connectivity index (χ0v) is 14.8. The molecule has 0 heterocycles. The minimum absolute atomic E-state index is 0.238. The molecule has 0 N–H and O–H groups in total. The molecule has 0 aliphatic carbocycles. The van der Waals surface area contributed by atoms with Crippen LogP contribution in [0.15, 0.2) is 49.8 Å². The summed E-state index contributed by atoms with van der Waals surface area (Å²) in [6, 6.07) is 10.3. The smallest absolute Gasteiger partial charge is 0.138 e. The number of rotatable bonds is 1. The van der Waals surface area contributed by atoms with E-state index in [-0.39, 0.29) is 12.5 Å². The third-order valence-electron chi connectivity index (χ3n) is 2.27. The molecule has 0 saturated carbocycles. The van der Waals surface area contributed by atoms with Crippen molar-refractivity contribution in [2.75, 3.05) is 0 Å². The first-order valence-corrected chi connectivity index (χ1v) is 7.73. The highest BCUT2D eigenvalue weighted by atomic mass is 79.9. The molecule has 102 valence electrons. The van der Waals surface area contributed by atoms with Gasteiger partial charge in [-0.15, -0.1) is 0 Å². The van der Waals surface area contributed by atoms with Gasteiger partial charge in [-0.1, -0.05) is 44.0 Å². The lowest BCUT2D eigenvalue weighted by molar-refractivity contribution is 0.485. The predicted molar refractivity (Wildman–Crippen MR) is 85.5 cm³/mol. The average Bonchev–Trinajstić information content (AvgIpc) is 2.38. The van der Waals surface area contributed by atoms with Crippen molar-refractivity contribution >= 4 is 47.8 Å². The van der Waals surface area contributed by atoms with Crippen LogP contribution in [0.1, 0.15) is 11.1 Å². The van der Waals surface area contributed by atoms with Crippen molar-refractivity contribution in [3.8, 4) is 0 Å². The predicted octanol–water partition coefficient (Wildman–Crippen LogP) is 6.58. The molecule has 0 fully saturated rings. The van der Waals surface area contributed by atoms with Crippen LogP contribution in [0.25, 0.3) is 0 Å². The van der Waals surface area contributed by atoms with Crippen LogP contribution < -0.4 is 0 Å². The normalized spacial score (nSPS) is 9.79. The molecule has 0 aliphatic rings. The van der Waals surface area contributed by atoms with Gasteiger partial charge >= 0.3 is 0 Å². The summed E-state index contributed by atoms with van der Waals surface area (Å²) < 4.78 is 26.8. The molecule has 0 atom stereocenters. The molecule has 2 aromatic rings. The first-order chi connectivity index (χ1) is 8.93. The number of benzene rings is 2. The molecule has 0 aromatic heterocycles. The molecule has 0 radical (unpaired) electrons. The zero-order valence-electron chi connectivity index (χ0n) is 10.1. The summed E-state index contributed by atoms with van der Waals surface area (Å²) in [7, 11) is 0. The lowest BCUT2D eigenvalue weighted by Gasteiger charge is -1.98. The number of hydrogen-bond donors (Lipinski definition) is 0. The van der Waals surface area contributed by atoms with Gasteiger partial charge in [0.1, 0.15) is 12.5 Å². The molecule has 0 aliphatic heterocycles. The number of aryl methyl sites for hydroxylation is 1. The van der Waals surface area contributed by atoms with Gasteiger partial charge in [-0.2, -0.15) is 0 Å². The summed E-state index contributed by atoms with van der Waals surface area (Å²) in [6.45, 7) is 1.53. The summed E-state index contributed by atoms with van der Waals surface area (Å²) >= 11 is 9.56. The topological polar surface area (TPSA) is 0 Å². The lowest BCUT2D eigenvalue weighted by atomic mass is 10.2. The van der Waals surface area contributed by atoms with E-state index in [2.05, 4.69) is 47.8 Å². The Labute approximate surface area is 136 Å². The molecule has 0 amide bonds. The van der Waals surface area contributed by atoms with Crippen molar-refractivity contribution in [1.82, 2.24) is 0 Å². The third kappa shape index (κ3) is 5.71. The SMILES string of the molecule is Cc1cc(Br)c(F)cc1Br.FCc1ccc(Br)cc1. The van der Waals surface area contributed by atoms with Crippen LogP contribution >= 0.6 is 47.8 Å². The molecular formula is C14H11Br3F2. The van der Waals surface area contributed by atoms with Gasteiger partial charge in [0, 0.05) is 8.95 Å². The fraction of sp³-hybridized carbons (Fsp3) is 0.143. The Kier molecular flexibility index (Phi) is 7.18. The average molecular weight is 457 g/mol. The van der Waals surface area contributed by atoms with E-state index in [0.717, 1.165) is 20.1 Å². The maximum absolute atomic E-state index is 12.7. The van der Waals surface area contributed by atoms with Gasteiger partial charge in [0.15, 0.2) is 0 Å². The van der Waals surface area contributed by atoms with Crippen LogP contribution in [0.5, 0.6) is 0 Å². The standard InChI is InChI=1S/C7H5Br2F.C7H6BrF/c1-4-2-6(9)7(10)3-5(4)8;8-7-3-1-6(5-9)2-4-7/h2-3H,1H3;1-4H,5H2. The maximum Gasteiger partial charge on any atom is 0.138 e. The van der Waals surface area contributed by atoms with E-state index in [1.807, 2.05) is 19.1 Å². The maximum atomic E-state index is 12.7. The largest absolute Gasteiger partial charge is 0.246 e. The van der Waals surface area contributed by atoms with Crippen LogP contribution in [0.4, 0.5) is 8.78 Å². The Morgan fingerprint density at radius 1 is 0.947 bits per heavy atom.